The van der Waals surface area contributed by atoms with Crippen LogP contribution in [0.25, 0.3) is 0 Å². The van der Waals surface area contributed by atoms with E-state index in [9.17, 15) is 9.59 Å². The van der Waals surface area contributed by atoms with Gasteiger partial charge in [-0.1, -0.05) is 12.2 Å². The summed E-state index contributed by atoms with van der Waals surface area (Å²) in [7, 11) is 7.43. The van der Waals surface area contributed by atoms with Crippen molar-refractivity contribution in [2.75, 3.05) is 28.2 Å². The van der Waals surface area contributed by atoms with E-state index in [0.29, 0.717) is 5.96 Å². The Morgan fingerprint density at radius 3 is 2.00 bits per heavy atom. The number of imide groups is 1. The number of carbonyl (C=O) groups is 2. The zero-order chi connectivity index (χ0) is 13.9. The Morgan fingerprint density at radius 2 is 1.63 bits per heavy atom. The molecule has 2 aliphatic carbocycles. The summed E-state index contributed by atoms with van der Waals surface area (Å²) in [5.74, 6) is 0.885. The molecule has 1 aliphatic heterocycles. The van der Waals surface area contributed by atoms with Crippen molar-refractivity contribution in [1.82, 2.24) is 9.80 Å². The first-order chi connectivity index (χ1) is 8.93. The third-order valence-electron chi connectivity index (χ3n) is 4.47. The number of carbonyl (C=O) groups excluding carboxylic acids is 2. The van der Waals surface area contributed by atoms with Crippen LogP contribution in [0.4, 0.5) is 0 Å². The van der Waals surface area contributed by atoms with Gasteiger partial charge in [-0.2, -0.15) is 0 Å². The summed E-state index contributed by atoms with van der Waals surface area (Å²) in [6, 6.07) is 0. The highest BCUT2D eigenvalue weighted by atomic mass is 16.2. The Kier molecular flexibility index (Phi) is 2.56. The van der Waals surface area contributed by atoms with Crippen molar-refractivity contribution >= 4 is 17.8 Å². The van der Waals surface area contributed by atoms with Crippen LogP contribution in [0.1, 0.15) is 6.42 Å². The molecule has 0 spiro atoms. The Hall–Kier alpha value is -1.65. The molecule has 0 aromatic rings. The summed E-state index contributed by atoms with van der Waals surface area (Å²) in [6.45, 7) is 0. The second kappa shape index (κ2) is 3.92. The van der Waals surface area contributed by atoms with Gasteiger partial charge in [0.2, 0.25) is 0 Å². The zero-order valence-electron chi connectivity index (χ0n) is 11.8. The van der Waals surface area contributed by atoms with Gasteiger partial charge in [-0.3, -0.25) is 19.1 Å². The van der Waals surface area contributed by atoms with E-state index in [2.05, 4.69) is 12.2 Å². The highest BCUT2D eigenvalue weighted by molar-refractivity contribution is 6.17. The molecular formula is C14H20N3O2+. The van der Waals surface area contributed by atoms with E-state index in [1.54, 1.807) is 0 Å². The van der Waals surface area contributed by atoms with E-state index < -0.39 is 0 Å². The normalized spacial score (nSPS) is 35.1. The number of nitrogens with zero attached hydrogens (tertiary/aromatic N) is 3. The lowest BCUT2D eigenvalue weighted by molar-refractivity contribution is -0.474. The molecule has 1 heterocycles. The van der Waals surface area contributed by atoms with Gasteiger partial charge in [-0.05, 0) is 18.3 Å². The van der Waals surface area contributed by atoms with E-state index in [4.69, 9.17) is 0 Å². The molecule has 5 heteroatoms. The molecule has 1 saturated heterocycles. The van der Waals surface area contributed by atoms with Crippen LogP contribution in [0.15, 0.2) is 12.2 Å². The summed E-state index contributed by atoms with van der Waals surface area (Å²) in [4.78, 5) is 28.5. The van der Waals surface area contributed by atoms with Crippen molar-refractivity contribution in [3.8, 4) is 0 Å². The van der Waals surface area contributed by atoms with Gasteiger partial charge in [0.25, 0.3) is 11.8 Å². The monoisotopic (exact) mass is 262 g/mol. The molecule has 0 aromatic carbocycles. The molecule has 5 nitrogen and oxygen atoms in total. The fourth-order valence-corrected chi connectivity index (χ4v) is 3.90. The summed E-state index contributed by atoms with van der Waals surface area (Å²) >= 11 is 0. The van der Waals surface area contributed by atoms with Gasteiger partial charge >= 0.3 is 5.96 Å². The third-order valence-corrected chi connectivity index (χ3v) is 4.47. The fourth-order valence-electron chi connectivity index (χ4n) is 3.90. The molecular weight excluding hydrogens is 242 g/mol. The largest absolute Gasteiger partial charge is 0.364 e. The Balaban J connectivity index is 2.01. The zero-order valence-corrected chi connectivity index (χ0v) is 11.8. The highest BCUT2D eigenvalue weighted by Gasteiger charge is 2.63. The summed E-state index contributed by atoms with van der Waals surface area (Å²) < 4.78 is 1.83. The number of hydrogen-bond acceptors (Lipinski definition) is 2. The van der Waals surface area contributed by atoms with Crippen LogP contribution in [-0.4, -0.2) is 60.3 Å². The summed E-state index contributed by atoms with van der Waals surface area (Å²) in [6.07, 6.45) is 5.21. The minimum atomic E-state index is -0.127. The minimum Gasteiger partial charge on any atom is -0.269 e. The van der Waals surface area contributed by atoms with Crippen molar-refractivity contribution in [1.29, 1.82) is 0 Å². The molecule has 0 aromatic heterocycles. The molecule has 1 saturated carbocycles. The van der Waals surface area contributed by atoms with Crippen LogP contribution in [0.2, 0.25) is 0 Å². The molecule has 4 atom stereocenters. The number of fused-ring (bicyclic) bond motifs is 5. The number of guanidine groups is 1. The lowest BCUT2D eigenvalue weighted by Crippen LogP contribution is -2.49. The van der Waals surface area contributed by atoms with Crippen LogP contribution in [-0.2, 0) is 9.59 Å². The first-order valence-corrected chi connectivity index (χ1v) is 6.71. The van der Waals surface area contributed by atoms with Crippen molar-refractivity contribution in [2.45, 2.75) is 6.42 Å². The highest BCUT2D eigenvalue weighted by Crippen LogP contribution is 2.52. The van der Waals surface area contributed by atoms with E-state index in [-0.39, 0.29) is 35.5 Å². The molecule has 2 bridgehead atoms. The smallest absolute Gasteiger partial charge is 0.269 e. The average molecular weight is 262 g/mol. The fraction of sp³-hybridized carbons (Fsp3) is 0.643. The molecule has 2 fully saturated rings. The second-order valence-electron chi connectivity index (χ2n) is 6.10. The third kappa shape index (κ3) is 1.50. The molecule has 0 unspecified atom stereocenters. The maximum absolute atomic E-state index is 12.6. The average Bonchev–Trinajstić information content (AvgIpc) is 2.97. The Bertz CT molecular complexity index is 487. The van der Waals surface area contributed by atoms with Crippen molar-refractivity contribution < 1.29 is 14.2 Å². The molecule has 102 valence electrons. The minimum absolute atomic E-state index is 0.0238. The van der Waals surface area contributed by atoms with Gasteiger partial charge in [0.1, 0.15) is 0 Å². The van der Waals surface area contributed by atoms with Gasteiger partial charge in [0.15, 0.2) is 0 Å². The van der Waals surface area contributed by atoms with E-state index >= 15 is 0 Å². The van der Waals surface area contributed by atoms with Gasteiger partial charge < -0.3 is 0 Å². The Labute approximate surface area is 113 Å². The van der Waals surface area contributed by atoms with Crippen molar-refractivity contribution in [2.24, 2.45) is 23.7 Å². The second-order valence-corrected chi connectivity index (χ2v) is 6.10. The van der Waals surface area contributed by atoms with Crippen LogP contribution in [0, 0.1) is 23.7 Å². The predicted molar refractivity (Wildman–Crippen MR) is 70.4 cm³/mol. The van der Waals surface area contributed by atoms with Crippen LogP contribution >= 0.6 is 0 Å². The van der Waals surface area contributed by atoms with E-state index in [0.717, 1.165) is 6.42 Å². The first kappa shape index (κ1) is 12.4. The molecule has 3 aliphatic rings. The number of hydrogen-bond donors (Lipinski definition) is 0. The first-order valence-electron chi connectivity index (χ1n) is 6.71. The standard InChI is InChI=1S/C14H20N3O2/c1-15(2)14(16(3)4)17-12(18)10-8-5-6-9(7-8)11(10)13(17)19/h5-6,8-11H,7H2,1-4H3/q+1/t8-,9-,10-,11-/m0/s1. The summed E-state index contributed by atoms with van der Waals surface area (Å²) in [5.41, 5.74) is 0. The number of amides is 2. The van der Waals surface area contributed by atoms with Crippen LogP contribution in [0.3, 0.4) is 0 Å². The molecule has 3 rings (SSSR count). The maximum atomic E-state index is 12.6. The molecule has 19 heavy (non-hydrogen) atoms. The summed E-state index contributed by atoms with van der Waals surface area (Å²) in [5, 5.41) is 0. The topological polar surface area (TPSA) is 43.6 Å². The van der Waals surface area contributed by atoms with Gasteiger partial charge in [0.05, 0.1) is 40.0 Å². The molecule has 0 radical (unpaired) electrons. The number of rotatable bonds is 0. The van der Waals surface area contributed by atoms with E-state index in [1.807, 2.05) is 37.7 Å². The maximum Gasteiger partial charge on any atom is 0.364 e. The SMILES string of the molecule is CN(C)C(N1C(=O)[C@@H]2[C@@H](C1=O)[C@H]1C=C[C@H]2C1)=[N+](C)C. The number of likely N-dealkylation sites (tertiary alicyclic amines) is 1. The van der Waals surface area contributed by atoms with E-state index in [1.165, 1.54) is 4.90 Å². The van der Waals surface area contributed by atoms with Gasteiger partial charge in [-0.15, -0.1) is 4.90 Å². The van der Waals surface area contributed by atoms with Gasteiger partial charge in [0, 0.05) is 0 Å². The van der Waals surface area contributed by atoms with Crippen LogP contribution in [0.5, 0.6) is 0 Å². The van der Waals surface area contributed by atoms with Crippen molar-refractivity contribution in [3.05, 3.63) is 12.2 Å². The number of allylic oxidation sites excluding steroid dienone is 2. The molecule has 2 amide bonds. The quantitative estimate of drug-likeness (QED) is 0.203. The van der Waals surface area contributed by atoms with Crippen molar-refractivity contribution in [3.63, 3.8) is 0 Å². The lowest BCUT2D eigenvalue weighted by Gasteiger charge is -2.19. The Morgan fingerprint density at radius 1 is 1.16 bits per heavy atom. The lowest BCUT2D eigenvalue weighted by atomic mass is 9.85. The van der Waals surface area contributed by atoms with Gasteiger partial charge in [-0.25, -0.2) is 0 Å². The predicted octanol–water partition coefficient (Wildman–Crippen LogP) is -0.0168. The molecule has 0 N–H and O–H groups in total. The van der Waals surface area contributed by atoms with Crippen LogP contribution < -0.4 is 0 Å².